The van der Waals surface area contributed by atoms with Gasteiger partial charge in [-0.3, -0.25) is 4.79 Å². The predicted octanol–water partition coefficient (Wildman–Crippen LogP) is 0.535. The highest BCUT2D eigenvalue weighted by Gasteiger charge is 2.30. The van der Waals surface area contributed by atoms with E-state index in [9.17, 15) is 9.59 Å². The monoisotopic (exact) mass is 215 g/mol. The van der Waals surface area contributed by atoms with Gasteiger partial charge in [-0.05, 0) is 26.7 Å². The number of amides is 1. The molecule has 1 atom stereocenters. The number of ether oxygens (including phenoxy) is 1. The highest BCUT2D eigenvalue weighted by atomic mass is 16.5. The molecule has 5 heteroatoms. The molecule has 1 aliphatic heterocycles. The molecular weight excluding hydrogens is 198 g/mol. The van der Waals surface area contributed by atoms with E-state index >= 15 is 0 Å². The van der Waals surface area contributed by atoms with Crippen LogP contribution in [0.5, 0.6) is 0 Å². The molecule has 0 aliphatic carbocycles. The number of carbonyl (C=O) groups excluding carboxylic acids is 1. The van der Waals surface area contributed by atoms with Gasteiger partial charge in [0.05, 0.1) is 12.5 Å². The quantitative estimate of drug-likeness (QED) is 0.717. The standard InChI is InChI=1S/C10H17NO4/c1-10(2,9(13)14)11-8(12)6-7-4-3-5-15-7/h7H,3-6H2,1-2H3,(H,11,12)(H,13,14). The van der Waals surface area contributed by atoms with Crippen LogP contribution in [-0.4, -0.2) is 35.2 Å². The van der Waals surface area contributed by atoms with Gasteiger partial charge >= 0.3 is 5.97 Å². The third-order valence-corrected chi connectivity index (χ3v) is 2.42. The highest BCUT2D eigenvalue weighted by molar-refractivity contribution is 5.86. The second-order valence-electron chi connectivity index (χ2n) is 4.32. The van der Waals surface area contributed by atoms with Crippen LogP contribution in [0.25, 0.3) is 0 Å². The van der Waals surface area contributed by atoms with Crippen molar-refractivity contribution in [3.63, 3.8) is 0 Å². The molecule has 0 aromatic heterocycles. The van der Waals surface area contributed by atoms with Gasteiger partial charge in [-0.2, -0.15) is 0 Å². The van der Waals surface area contributed by atoms with Crippen LogP contribution in [0, 0.1) is 0 Å². The molecule has 2 N–H and O–H groups in total. The first kappa shape index (κ1) is 12.0. The lowest BCUT2D eigenvalue weighted by molar-refractivity contribution is -0.146. The summed E-state index contributed by atoms with van der Waals surface area (Å²) in [5, 5.41) is 11.3. The summed E-state index contributed by atoms with van der Waals surface area (Å²) in [5.41, 5.74) is -1.21. The smallest absolute Gasteiger partial charge is 0.328 e. The van der Waals surface area contributed by atoms with Crippen molar-refractivity contribution in [3.05, 3.63) is 0 Å². The van der Waals surface area contributed by atoms with Gasteiger partial charge in [0.2, 0.25) is 5.91 Å². The Hall–Kier alpha value is -1.10. The average molecular weight is 215 g/mol. The SMILES string of the molecule is CC(C)(NC(=O)CC1CCCO1)C(=O)O. The number of aliphatic carboxylic acids is 1. The number of hydrogen-bond donors (Lipinski definition) is 2. The molecular formula is C10H17NO4. The second kappa shape index (κ2) is 4.61. The fraction of sp³-hybridized carbons (Fsp3) is 0.800. The number of carboxylic acids is 1. The maximum absolute atomic E-state index is 11.5. The van der Waals surface area contributed by atoms with E-state index in [1.165, 1.54) is 13.8 Å². The van der Waals surface area contributed by atoms with E-state index in [2.05, 4.69) is 5.32 Å². The van der Waals surface area contributed by atoms with Gasteiger partial charge in [0.15, 0.2) is 0 Å². The van der Waals surface area contributed by atoms with Gasteiger partial charge in [-0.25, -0.2) is 4.79 Å². The van der Waals surface area contributed by atoms with Gasteiger partial charge in [0.1, 0.15) is 5.54 Å². The molecule has 0 spiro atoms. The van der Waals surface area contributed by atoms with E-state index < -0.39 is 11.5 Å². The van der Waals surface area contributed by atoms with Crippen molar-refractivity contribution in [3.8, 4) is 0 Å². The molecule has 1 heterocycles. The van der Waals surface area contributed by atoms with Crippen LogP contribution in [0.4, 0.5) is 0 Å². The minimum atomic E-state index is -1.21. The zero-order valence-corrected chi connectivity index (χ0v) is 9.08. The Morgan fingerprint density at radius 2 is 2.20 bits per heavy atom. The second-order valence-corrected chi connectivity index (χ2v) is 4.32. The predicted molar refractivity (Wildman–Crippen MR) is 53.4 cm³/mol. The van der Waals surface area contributed by atoms with Crippen LogP contribution in [0.2, 0.25) is 0 Å². The number of carbonyl (C=O) groups is 2. The summed E-state index contributed by atoms with van der Waals surface area (Å²) in [7, 11) is 0. The van der Waals surface area contributed by atoms with Gasteiger partial charge in [0.25, 0.3) is 0 Å². The normalized spacial score (nSPS) is 21.3. The molecule has 0 radical (unpaired) electrons. The lowest BCUT2D eigenvalue weighted by Gasteiger charge is -2.21. The first-order valence-electron chi connectivity index (χ1n) is 5.08. The maximum Gasteiger partial charge on any atom is 0.328 e. The molecule has 0 bridgehead atoms. The van der Waals surface area contributed by atoms with Crippen molar-refractivity contribution in [1.82, 2.24) is 5.32 Å². The number of carboxylic acid groups (broad SMARTS) is 1. The minimum absolute atomic E-state index is 0.0467. The lowest BCUT2D eigenvalue weighted by atomic mass is 10.1. The topological polar surface area (TPSA) is 75.6 Å². The molecule has 1 rings (SSSR count). The summed E-state index contributed by atoms with van der Waals surface area (Å²) in [6, 6.07) is 0. The Kier molecular flexibility index (Phi) is 3.68. The van der Waals surface area contributed by atoms with Gasteiger partial charge < -0.3 is 15.2 Å². The number of rotatable bonds is 4. The van der Waals surface area contributed by atoms with Crippen molar-refractivity contribution < 1.29 is 19.4 Å². The zero-order valence-electron chi connectivity index (χ0n) is 9.08. The summed E-state index contributed by atoms with van der Waals surface area (Å²) in [4.78, 5) is 22.2. The molecule has 15 heavy (non-hydrogen) atoms. The molecule has 1 fully saturated rings. The van der Waals surface area contributed by atoms with E-state index in [-0.39, 0.29) is 18.4 Å². The van der Waals surface area contributed by atoms with Crippen molar-refractivity contribution in [2.24, 2.45) is 0 Å². The third kappa shape index (κ3) is 3.51. The zero-order chi connectivity index (χ0) is 11.5. The minimum Gasteiger partial charge on any atom is -0.480 e. The Labute approximate surface area is 88.8 Å². The van der Waals surface area contributed by atoms with Gasteiger partial charge in [0, 0.05) is 6.61 Å². The summed E-state index contributed by atoms with van der Waals surface area (Å²) in [6.45, 7) is 3.62. The first-order valence-corrected chi connectivity index (χ1v) is 5.08. The first-order chi connectivity index (χ1) is 6.92. The fourth-order valence-electron chi connectivity index (χ4n) is 1.47. The Balaban J connectivity index is 2.38. The molecule has 0 aromatic carbocycles. The van der Waals surface area contributed by atoms with E-state index in [1.54, 1.807) is 0 Å². The van der Waals surface area contributed by atoms with Crippen molar-refractivity contribution in [2.75, 3.05) is 6.61 Å². The number of hydrogen-bond acceptors (Lipinski definition) is 3. The molecule has 1 unspecified atom stereocenters. The highest BCUT2D eigenvalue weighted by Crippen LogP contribution is 2.15. The molecule has 1 saturated heterocycles. The summed E-state index contributed by atoms with van der Waals surface area (Å²) in [5.74, 6) is -1.31. The molecule has 0 saturated carbocycles. The Bertz CT molecular complexity index is 256. The third-order valence-electron chi connectivity index (χ3n) is 2.42. The van der Waals surface area contributed by atoms with Crippen molar-refractivity contribution in [2.45, 2.75) is 44.8 Å². The van der Waals surface area contributed by atoms with E-state index in [1.807, 2.05) is 0 Å². The van der Waals surface area contributed by atoms with E-state index in [0.29, 0.717) is 6.61 Å². The van der Waals surface area contributed by atoms with Crippen LogP contribution in [0.15, 0.2) is 0 Å². The van der Waals surface area contributed by atoms with Crippen LogP contribution in [0.1, 0.15) is 33.1 Å². The van der Waals surface area contributed by atoms with Gasteiger partial charge in [-0.15, -0.1) is 0 Å². The molecule has 86 valence electrons. The van der Waals surface area contributed by atoms with Crippen LogP contribution in [0.3, 0.4) is 0 Å². The fourth-order valence-corrected chi connectivity index (χ4v) is 1.47. The van der Waals surface area contributed by atoms with Crippen molar-refractivity contribution in [1.29, 1.82) is 0 Å². The average Bonchev–Trinajstić information content (AvgIpc) is 2.54. The van der Waals surface area contributed by atoms with Crippen LogP contribution in [-0.2, 0) is 14.3 Å². The van der Waals surface area contributed by atoms with Gasteiger partial charge in [-0.1, -0.05) is 0 Å². The number of nitrogens with one attached hydrogen (secondary N) is 1. The van der Waals surface area contributed by atoms with Crippen LogP contribution >= 0.6 is 0 Å². The van der Waals surface area contributed by atoms with Crippen LogP contribution < -0.4 is 5.32 Å². The van der Waals surface area contributed by atoms with E-state index in [0.717, 1.165) is 12.8 Å². The Morgan fingerprint density at radius 1 is 1.53 bits per heavy atom. The van der Waals surface area contributed by atoms with E-state index in [4.69, 9.17) is 9.84 Å². The molecule has 0 aromatic rings. The summed E-state index contributed by atoms with van der Waals surface area (Å²) < 4.78 is 5.29. The maximum atomic E-state index is 11.5. The summed E-state index contributed by atoms with van der Waals surface area (Å²) >= 11 is 0. The lowest BCUT2D eigenvalue weighted by Crippen LogP contribution is -2.50. The molecule has 5 nitrogen and oxygen atoms in total. The molecule has 1 aliphatic rings. The summed E-state index contributed by atoms with van der Waals surface area (Å²) in [6.07, 6.45) is 2.05. The Morgan fingerprint density at radius 3 is 2.67 bits per heavy atom. The largest absolute Gasteiger partial charge is 0.480 e. The molecule has 1 amide bonds. The van der Waals surface area contributed by atoms with Crippen molar-refractivity contribution >= 4 is 11.9 Å².